The molecule has 0 bridgehead atoms. The van der Waals surface area contributed by atoms with Gasteiger partial charge in [0.05, 0.1) is 13.2 Å². The predicted molar refractivity (Wildman–Crippen MR) is 261 cm³/mol. The summed E-state index contributed by atoms with van der Waals surface area (Å²) in [5.74, 6) is -0.520. The molecule has 0 aromatic heterocycles. The number of nitrogens with one attached hydrogen (secondary N) is 1. The molecule has 3 N–H and O–H groups in total. The van der Waals surface area contributed by atoms with Crippen molar-refractivity contribution in [3.8, 4) is 0 Å². The second kappa shape index (κ2) is 48.7. The van der Waals surface area contributed by atoms with Crippen molar-refractivity contribution in [2.75, 3.05) is 26.4 Å². The number of aliphatic hydroxyl groups is 1. The Bertz CT molecular complexity index is 1110. The number of allylic oxidation sites excluding steroid dienone is 6. The highest BCUT2D eigenvalue weighted by atomic mass is 31.2. The molecule has 364 valence electrons. The molecule has 0 saturated heterocycles. The largest absolute Gasteiger partial charge is 0.472 e. The van der Waals surface area contributed by atoms with Crippen molar-refractivity contribution < 1.29 is 37.9 Å². The molecule has 0 aliphatic heterocycles. The quantitative estimate of drug-likeness (QED) is 0.0238. The fourth-order valence-electron chi connectivity index (χ4n) is 7.39. The minimum Gasteiger partial charge on any atom is -0.463 e. The van der Waals surface area contributed by atoms with Crippen molar-refractivity contribution >= 4 is 19.7 Å². The number of unbranched alkanes of at least 4 members (excludes halogenated alkanes) is 30. The maximum absolute atomic E-state index is 12.1. The summed E-state index contributed by atoms with van der Waals surface area (Å²) in [5.41, 5.74) is 0. The monoisotopic (exact) mass is 896 g/mol. The fourth-order valence-corrected chi connectivity index (χ4v) is 8.15. The molecule has 0 aliphatic carbocycles. The molecule has 9 nitrogen and oxygen atoms in total. The van der Waals surface area contributed by atoms with Crippen LogP contribution in [0.15, 0.2) is 36.5 Å². The van der Waals surface area contributed by atoms with E-state index in [4.69, 9.17) is 13.8 Å². The smallest absolute Gasteiger partial charge is 0.463 e. The fraction of sp³-hybridized carbons (Fsp3) is 0.846. The number of ether oxygens (including phenoxy) is 1. The van der Waals surface area contributed by atoms with Gasteiger partial charge in [-0.3, -0.25) is 18.6 Å². The van der Waals surface area contributed by atoms with Crippen molar-refractivity contribution in [3.05, 3.63) is 36.5 Å². The number of aliphatic hydroxyl groups excluding tert-OH is 1. The number of amides is 1. The first kappa shape index (κ1) is 60.2. The standard InChI is InChI=1S/C52H98NO8P/c1-3-5-7-9-11-13-15-17-19-21-23-24-25-27-28-30-32-34-36-38-40-42-44-51(55)53-46-47-60-62(57,58)61-49-50(54)48-59-52(56)45-43-41-39-37-35-33-31-29-26-22-20-18-16-14-12-10-8-6-4-2/h12,14,18,20,26,29,50,54H,3-11,13,15-17,19,21-25,27-28,30-49H2,1-2H3,(H,53,55)(H,57,58)/b14-12-,20-18-,29-26-. The van der Waals surface area contributed by atoms with E-state index >= 15 is 0 Å². The number of carbonyl (C=O) groups is 2. The average molecular weight is 896 g/mol. The molecule has 0 aliphatic rings. The Morgan fingerprint density at radius 1 is 0.500 bits per heavy atom. The van der Waals surface area contributed by atoms with Crippen LogP contribution < -0.4 is 5.32 Å². The second-order valence-electron chi connectivity index (χ2n) is 17.5. The number of hydrogen-bond donors (Lipinski definition) is 3. The molecule has 0 saturated carbocycles. The highest BCUT2D eigenvalue weighted by molar-refractivity contribution is 7.47. The number of carbonyl (C=O) groups excluding carboxylic acids is 2. The molecule has 0 spiro atoms. The van der Waals surface area contributed by atoms with E-state index in [0.29, 0.717) is 6.42 Å². The van der Waals surface area contributed by atoms with Gasteiger partial charge < -0.3 is 20.1 Å². The zero-order chi connectivity index (χ0) is 45.3. The zero-order valence-corrected chi connectivity index (χ0v) is 41.2. The minimum atomic E-state index is -4.42. The van der Waals surface area contributed by atoms with Gasteiger partial charge in [0.2, 0.25) is 5.91 Å². The molecule has 10 heteroatoms. The van der Waals surface area contributed by atoms with E-state index in [1.807, 2.05) is 0 Å². The van der Waals surface area contributed by atoms with E-state index in [1.54, 1.807) is 0 Å². The Morgan fingerprint density at radius 2 is 0.871 bits per heavy atom. The Kier molecular flexibility index (Phi) is 47.3. The van der Waals surface area contributed by atoms with Crippen LogP contribution >= 0.6 is 7.82 Å². The van der Waals surface area contributed by atoms with Crippen LogP contribution in [0.25, 0.3) is 0 Å². The molecule has 0 aromatic rings. The van der Waals surface area contributed by atoms with E-state index in [9.17, 15) is 24.2 Å². The van der Waals surface area contributed by atoms with Crippen molar-refractivity contribution in [1.82, 2.24) is 5.32 Å². The van der Waals surface area contributed by atoms with Crippen LogP contribution in [-0.4, -0.2) is 54.3 Å². The van der Waals surface area contributed by atoms with Gasteiger partial charge in [0, 0.05) is 19.4 Å². The summed E-state index contributed by atoms with van der Waals surface area (Å²) in [5, 5.41) is 12.8. The van der Waals surface area contributed by atoms with Gasteiger partial charge in [-0.2, -0.15) is 0 Å². The Hall–Kier alpha value is -1.77. The van der Waals surface area contributed by atoms with E-state index in [-0.39, 0.29) is 32.1 Å². The summed E-state index contributed by atoms with van der Waals surface area (Å²) in [7, 11) is -4.42. The highest BCUT2D eigenvalue weighted by Gasteiger charge is 2.23. The molecule has 0 aromatic carbocycles. The van der Waals surface area contributed by atoms with Crippen molar-refractivity contribution in [3.63, 3.8) is 0 Å². The lowest BCUT2D eigenvalue weighted by molar-refractivity contribution is -0.147. The van der Waals surface area contributed by atoms with Gasteiger partial charge in [0.15, 0.2) is 0 Å². The van der Waals surface area contributed by atoms with Crippen LogP contribution in [0.3, 0.4) is 0 Å². The topological polar surface area (TPSA) is 131 Å². The Labute approximate surface area is 382 Å². The van der Waals surface area contributed by atoms with E-state index in [1.165, 1.54) is 161 Å². The molecule has 2 atom stereocenters. The lowest BCUT2D eigenvalue weighted by atomic mass is 10.0. The van der Waals surface area contributed by atoms with Crippen LogP contribution in [0.2, 0.25) is 0 Å². The third kappa shape index (κ3) is 49.2. The normalized spacial score (nSPS) is 13.4. The van der Waals surface area contributed by atoms with Gasteiger partial charge in [-0.05, 0) is 51.4 Å². The Morgan fingerprint density at radius 3 is 1.34 bits per heavy atom. The molecule has 0 fully saturated rings. The van der Waals surface area contributed by atoms with Crippen LogP contribution in [-0.2, 0) is 27.9 Å². The summed E-state index contributed by atoms with van der Waals surface area (Å²) in [6.07, 6.45) is 56.6. The van der Waals surface area contributed by atoms with Gasteiger partial charge in [0.25, 0.3) is 0 Å². The van der Waals surface area contributed by atoms with Crippen LogP contribution in [0.5, 0.6) is 0 Å². The molecule has 0 heterocycles. The summed E-state index contributed by atoms with van der Waals surface area (Å²) < 4.78 is 27.0. The second-order valence-corrected chi connectivity index (χ2v) is 19.0. The summed E-state index contributed by atoms with van der Waals surface area (Å²) >= 11 is 0. The van der Waals surface area contributed by atoms with E-state index < -0.39 is 26.5 Å². The number of phosphoric acid groups is 1. The number of hydrogen-bond acceptors (Lipinski definition) is 7. The minimum absolute atomic E-state index is 0.0828. The molecular weight excluding hydrogens is 798 g/mol. The molecular formula is C52H98NO8P. The third-order valence-electron chi connectivity index (χ3n) is 11.3. The number of esters is 1. The van der Waals surface area contributed by atoms with Gasteiger partial charge in [-0.1, -0.05) is 224 Å². The summed E-state index contributed by atoms with van der Waals surface area (Å²) in [6.45, 7) is 3.56. The van der Waals surface area contributed by atoms with Crippen LogP contribution in [0.4, 0.5) is 0 Å². The first-order chi connectivity index (χ1) is 30.3. The van der Waals surface area contributed by atoms with Crippen molar-refractivity contribution in [2.24, 2.45) is 0 Å². The Balaban J connectivity index is 3.55. The number of phosphoric ester groups is 1. The lowest BCUT2D eigenvalue weighted by Gasteiger charge is -2.15. The van der Waals surface area contributed by atoms with E-state index in [2.05, 4.69) is 55.6 Å². The first-order valence-electron chi connectivity index (χ1n) is 26.0. The predicted octanol–water partition coefficient (Wildman–Crippen LogP) is 15.3. The van der Waals surface area contributed by atoms with Crippen molar-refractivity contribution in [1.29, 1.82) is 0 Å². The van der Waals surface area contributed by atoms with Crippen LogP contribution in [0, 0.1) is 0 Å². The molecule has 0 radical (unpaired) electrons. The molecule has 2 unspecified atom stereocenters. The average Bonchev–Trinajstić information content (AvgIpc) is 3.26. The van der Waals surface area contributed by atoms with Crippen LogP contribution in [0.1, 0.15) is 251 Å². The SMILES string of the molecule is CCCCC/C=C\C/C=C\C/C=C\CCCCCCCCC(=O)OCC(O)COP(=O)(O)OCCNC(=O)CCCCCCCCCCCCCCCCCCCCCCCC. The van der Waals surface area contributed by atoms with Gasteiger partial charge in [0.1, 0.15) is 12.7 Å². The summed E-state index contributed by atoms with van der Waals surface area (Å²) in [6, 6.07) is 0. The maximum atomic E-state index is 12.1. The first-order valence-corrected chi connectivity index (χ1v) is 27.5. The molecule has 1 amide bonds. The van der Waals surface area contributed by atoms with E-state index in [0.717, 1.165) is 64.2 Å². The third-order valence-corrected chi connectivity index (χ3v) is 12.3. The van der Waals surface area contributed by atoms with Gasteiger partial charge >= 0.3 is 13.8 Å². The number of rotatable bonds is 49. The summed E-state index contributed by atoms with van der Waals surface area (Å²) in [4.78, 5) is 34.1. The molecule has 62 heavy (non-hydrogen) atoms. The van der Waals surface area contributed by atoms with Gasteiger partial charge in [-0.15, -0.1) is 0 Å². The van der Waals surface area contributed by atoms with Gasteiger partial charge in [-0.25, -0.2) is 4.57 Å². The zero-order valence-electron chi connectivity index (χ0n) is 40.3. The molecule has 0 rings (SSSR count). The highest BCUT2D eigenvalue weighted by Crippen LogP contribution is 2.42. The van der Waals surface area contributed by atoms with Crippen molar-refractivity contribution in [2.45, 2.75) is 258 Å². The lowest BCUT2D eigenvalue weighted by Crippen LogP contribution is -2.27. The maximum Gasteiger partial charge on any atom is 0.472 e.